The van der Waals surface area contributed by atoms with Crippen LogP contribution in [0.4, 0.5) is 0 Å². The summed E-state index contributed by atoms with van der Waals surface area (Å²) in [7, 11) is 0. The van der Waals surface area contributed by atoms with Crippen LogP contribution in [-0.2, 0) is 5.41 Å². The predicted octanol–water partition coefficient (Wildman–Crippen LogP) is 3.47. The van der Waals surface area contributed by atoms with E-state index < -0.39 is 0 Å². The minimum absolute atomic E-state index is 0.00122. The first kappa shape index (κ1) is 10.7. The Bertz CT molecular complexity index is 310. The Morgan fingerprint density at radius 2 is 1.92 bits per heavy atom. The van der Waals surface area contributed by atoms with E-state index in [1.54, 1.807) is 6.20 Å². The number of hydrogen-bond acceptors (Lipinski definition) is 2. The summed E-state index contributed by atoms with van der Waals surface area (Å²) < 4.78 is 0. The van der Waals surface area contributed by atoms with Crippen LogP contribution in [0, 0.1) is 0 Å². The molecule has 0 spiro atoms. The average Bonchev–Trinajstić information content (AvgIpc) is 2.09. The second-order valence-electron chi connectivity index (χ2n) is 3.57. The summed E-state index contributed by atoms with van der Waals surface area (Å²) in [5.41, 5.74) is 0.880. The van der Waals surface area contributed by atoms with Gasteiger partial charge >= 0.3 is 0 Å². The zero-order valence-corrected chi connectivity index (χ0v) is 9.45. The van der Waals surface area contributed by atoms with Crippen LogP contribution < -0.4 is 0 Å². The Labute approximate surface area is 88.3 Å². The molecule has 2 nitrogen and oxygen atoms in total. The molecule has 72 valence electrons. The molecule has 0 amide bonds. The Morgan fingerprint density at radius 3 is 2.38 bits per heavy atom. The van der Waals surface area contributed by atoms with Crippen molar-refractivity contribution in [3.8, 4) is 0 Å². The number of halogens is 2. The molecule has 4 heteroatoms. The minimum Gasteiger partial charge on any atom is -0.239 e. The van der Waals surface area contributed by atoms with Crippen LogP contribution in [0.2, 0.25) is 10.3 Å². The Morgan fingerprint density at radius 1 is 1.31 bits per heavy atom. The van der Waals surface area contributed by atoms with Gasteiger partial charge in [0, 0.05) is 5.41 Å². The van der Waals surface area contributed by atoms with Crippen molar-refractivity contribution in [2.75, 3.05) is 0 Å². The van der Waals surface area contributed by atoms with Gasteiger partial charge in [-0.15, -0.1) is 0 Å². The van der Waals surface area contributed by atoms with Crippen LogP contribution in [0.1, 0.15) is 32.9 Å². The Kier molecular flexibility index (Phi) is 3.14. The summed E-state index contributed by atoms with van der Waals surface area (Å²) in [5, 5.41) is 0.540. The minimum atomic E-state index is 0.00122. The lowest BCUT2D eigenvalue weighted by Gasteiger charge is -2.21. The highest BCUT2D eigenvalue weighted by molar-refractivity contribution is 6.40. The van der Waals surface area contributed by atoms with E-state index in [-0.39, 0.29) is 15.7 Å². The summed E-state index contributed by atoms with van der Waals surface area (Å²) in [4.78, 5) is 8.15. The summed E-state index contributed by atoms with van der Waals surface area (Å²) in [6, 6.07) is 0. The Hall–Kier alpha value is -0.340. The summed E-state index contributed by atoms with van der Waals surface area (Å²) in [6.45, 7) is 6.30. The molecule has 0 bridgehead atoms. The average molecular weight is 219 g/mol. The first-order valence-corrected chi connectivity index (χ1v) is 4.91. The molecule has 0 aliphatic carbocycles. The molecule has 1 heterocycles. The van der Waals surface area contributed by atoms with E-state index in [9.17, 15) is 0 Å². The van der Waals surface area contributed by atoms with Gasteiger partial charge in [-0.25, -0.2) is 9.97 Å². The molecule has 0 saturated carbocycles. The van der Waals surface area contributed by atoms with Crippen LogP contribution in [0.3, 0.4) is 0 Å². The van der Waals surface area contributed by atoms with Crippen LogP contribution in [-0.4, -0.2) is 9.97 Å². The summed E-state index contributed by atoms with van der Waals surface area (Å²) in [5.74, 6) is 0. The van der Waals surface area contributed by atoms with E-state index in [1.807, 2.05) is 0 Å². The quantitative estimate of drug-likeness (QED) is 0.760. The molecule has 0 aromatic carbocycles. The molecule has 0 atom stereocenters. The fourth-order valence-electron chi connectivity index (χ4n) is 0.859. The highest BCUT2D eigenvalue weighted by atomic mass is 35.5. The van der Waals surface area contributed by atoms with Crippen LogP contribution in [0.5, 0.6) is 0 Å². The largest absolute Gasteiger partial charge is 0.239 e. The van der Waals surface area contributed by atoms with Crippen molar-refractivity contribution < 1.29 is 0 Å². The van der Waals surface area contributed by atoms with Gasteiger partial charge in [-0.3, -0.25) is 0 Å². The second-order valence-corrected chi connectivity index (χ2v) is 4.29. The van der Waals surface area contributed by atoms with Crippen molar-refractivity contribution >= 4 is 23.2 Å². The first-order valence-electron chi connectivity index (χ1n) is 4.16. The lowest BCUT2D eigenvalue weighted by molar-refractivity contribution is 0.488. The maximum atomic E-state index is 5.77. The smallest absolute Gasteiger partial charge is 0.166 e. The number of nitrogens with zero attached hydrogens (tertiary/aromatic N) is 2. The van der Waals surface area contributed by atoms with E-state index in [2.05, 4.69) is 30.7 Å². The maximum Gasteiger partial charge on any atom is 0.166 e. The molecule has 0 saturated heterocycles. The third-order valence-corrected chi connectivity index (χ3v) is 2.90. The zero-order valence-electron chi connectivity index (χ0n) is 7.93. The van der Waals surface area contributed by atoms with E-state index in [0.717, 1.165) is 12.1 Å². The van der Waals surface area contributed by atoms with Crippen molar-refractivity contribution in [1.82, 2.24) is 9.97 Å². The van der Waals surface area contributed by atoms with Gasteiger partial charge in [-0.05, 0) is 6.42 Å². The SMILES string of the molecule is CCC(C)(C)c1cnc(Cl)c(Cl)n1. The maximum absolute atomic E-state index is 5.77. The molecule has 13 heavy (non-hydrogen) atoms. The third-order valence-electron chi connectivity index (χ3n) is 2.27. The number of hydrogen-bond donors (Lipinski definition) is 0. The van der Waals surface area contributed by atoms with Crippen LogP contribution in [0.15, 0.2) is 6.20 Å². The van der Waals surface area contributed by atoms with Gasteiger partial charge in [0.05, 0.1) is 11.9 Å². The third kappa shape index (κ3) is 2.32. The Balaban J connectivity index is 3.10. The molecule has 0 N–H and O–H groups in total. The molecule has 0 fully saturated rings. The molecule has 1 aromatic heterocycles. The standard InChI is InChI=1S/C9H12Cl2N2/c1-4-9(2,3)6-5-12-7(10)8(11)13-6/h5H,4H2,1-3H3. The van der Waals surface area contributed by atoms with Crippen molar-refractivity contribution in [1.29, 1.82) is 0 Å². The van der Waals surface area contributed by atoms with Gasteiger partial charge < -0.3 is 0 Å². The van der Waals surface area contributed by atoms with Crippen molar-refractivity contribution in [3.63, 3.8) is 0 Å². The molecule has 0 radical (unpaired) electrons. The van der Waals surface area contributed by atoms with Crippen LogP contribution in [0.25, 0.3) is 0 Å². The summed E-state index contributed by atoms with van der Waals surface area (Å²) in [6.07, 6.45) is 2.66. The van der Waals surface area contributed by atoms with Gasteiger partial charge in [0.2, 0.25) is 0 Å². The molecule has 0 aliphatic heterocycles. The van der Waals surface area contributed by atoms with Gasteiger partial charge in [-0.1, -0.05) is 44.0 Å². The molecular weight excluding hydrogens is 207 g/mol. The van der Waals surface area contributed by atoms with Crippen molar-refractivity contribution in [3.05, 3.63) is 22.2 Å². The van der Waals surface area contributed by atoms with Crippen molar-refractivity contribution in [2.45, 2.75) is 32.6 Å². The van der Waals surface area contributed by atoms with E-state index in [0.29, 0.717) is 0 Å². The number of aromatic nitrogens is 2. The lowest BCUT2D eigenvalue weighted by Crippen LogP contribution is -2.17. The van der Waals surface area contributed by atoms with Crippen molar-refractivity contribution in [2.24, 2.45) is 0 Å². The van der Waals surface area contributed by atoms with Gasteiger partial charge in [0.25, 0.3) is 0 Å². The second kappa shape index (κ2) is 3.81. The molecule has 0 unspecified atom stereocenters. The predicted molar refractivity (Wildman–Crippen MR) is 55.4 cm³/mol. The summed E-state index contributed by atoms with van der Waals surface area (Å²) >= 11 is 11.4. The van der Waals surface area contributed by atoms with Gasteiger partial charge in [0.15, 0.2) is 10.3 Å². The monoisotopic (exact) mass is 218 g/mol. The van der Waals surface area contributed by atoms with Gasteiger partial charge in [-0.2, -0.15) is 0 Å². The van der Waals surface area contributed by atoms with E-state index >= 15 is 0 Å². The highest BCUT2D eigenvalue weighted by Gasteiger charge is 2.21. The fraction of sp³-hybridized carbons (Fsp3) is 0.556. The van der Waals surface area contributed by atoms with Crippen LogP contribution >= 0.6 is 23.2 Å². The zero-order chi connectivity index (χ0) is 10.1. The molecule has 1 aromatic rings. The lowest BCUT2D eigenvalue weighted by atomic mass is 9.87. The van der Waals surface area contributed by atoms with Gasteiger partial charge in [0.1, 0.15) is 0 Å². The molecular formula is C9H12Cl2N2. The topological polar surface area (TPSA) is 25.8 Å². The van der Waals surface area contributed by atoms with E-state index in [1.165, 1.54) is 0 Å². The normalized spacial score (nSPS) is 11.8. The molecule has 1 rings (SSSR count). The molecule has 0 aliphatic rings. The highest BCUT2D eigenvalue weighted by Crippen LogP contribution is 2.27. The fourth-order valence-corrected chi connectivity index (χ4v) is 1.09. The number of rotatable bonds is 2. The van der Waals surface area contributed by atoms with E-state index in [4.69, 9.17) is 23.2 Å². The first-order chi connectivity index (χ1) is 5.97.